The van der Waals surface area contributed by atoms with Crippen molar-refractivity contribution in [3.8, 4) is 11.4 Å². The van der Waals surface area contributed by atoms with Gasteiger partial charge in [-0.05, 0) is 29.3 Å². The lowest BCUT2D eigenvalue weighted by Gasteiger charge is -2.18. The molecule has 128 valence electrons. The molecule has 0 spiro atoms. The molecule has 2 aromatic carbocycles. The lowest BCUT2D eigenvalue weighted by atomic mass is 9.87. The van der Waals surface area contributed by atoms with E-state index in [0.717, 1.165) is 11.1 Å². The summed E-state index contributed by atoms with van der Waals surface area (Å²) in [6.45, 7) is 6.56. The van der Waals surface area contributed by atoms with Crippen LogP contribution in [-0.4, -0.2) is 21.1 Å². The monoisotopic (exact) mass is 370 g/mol. The molecule has 0 saturated carbocycles. The highest BCUT2D eigenvalue weighted by Gasteiger charge is 2.14. The minimum Gasteiger partial charge on any atom is -0.250 e. The van der Waals surface area contributed by atoms with Crippen LogP contribution in [0, 0.1) is 4.77 Å². The second kappa shape index (κ2) is 6.94. The zero-order chi connectivity index (χ0) is 18.0. The zero-order valence-electron chi connectivity index (χ0n) is 14.3. The molecular weight excluding hydrogens is 352 g/mol. The smallest absolute Gasteiger partial charge is 0.216 e. The van der Waals surface area contributed by atoms with E-state index in [1.54, 1.807) is 10.9 Å². The van der Waals surface area contributed by atoms with E-state index >= 15 is 0 Å². The van der Waals surface area contributed by atoms with Gasteiger partial charge in [0.1, 0.15) is 0 Å². The Morgan fingerprint density at radius 1 is 1.12 bits per heavy atom. The minimum atomic E-state index is 0.103. The molecule has 0 saturated heterocycles. The van der Waals surface area contributed by atoms with E-state index in [1.165, 1.54) is 5.56 Å². The van der Waals surface area contributed by atoms with Crippen molar-refractivity contribution in [2.24, 2.45) is 5.10 Å². The summed E-state index contributed by atoms with van der Waals surface area (Å²) in [6, 6.07) is 15.8. The van der Waals surface area contributed by atoms with Crippen molar-refractivity contribution >= 4 is 30.0 Å². The number of nitrogens with one attached hydrogen (secondary N) is 1. The summed E-state index contributed by atoms with van der Waals surface area (Å²) in [7, 11) is 0. The highest BCUT2D eigenvalue weighted by molar-refractivity contribution is 7.71. The van der Waals surface area contributed by atoms with Gasteiger partial charge in [0.25, 0.3) is 0 Å². The van der Waals surface area contributed by atoms with Crippen molar-refractivity contribution in [1.82, 2.24) is 14.9 Å². The first kappa shape index (κ1) is 17.6. The van der Waals surface area contributed by atoms with Gasteiger partial charge in [0.05, 0.1) is 6.21 Å². The van der Waals surface area contributed by atoms with Crippen molar-refractivity contribution in [2.75, 3.05) is 0 Å². The van der Waals surface area contributed by atoms with Crippen LogP contribution < -0.4 is 0 Å². The van der Waals surface area contributed by atoms with Crippen LogP contribution in [0.5, 0.6) is 0 Å². The SMILES string of the molecule is CC(C)(C)c1ccc(-c2n[nH]c(=S)n2N=Cc2ccccc2Cl)cc1. The molecule has 25 heavy (non-hydrogen) atoms. The normalized spacial score (nSPS) is 12.0. The molecule has 0 unspecified atom stereocenters. The van der Waals surface area contributed by atoms with Crippen molar-refractivity contribution in [3.63, 3.8) is 0 Å². The van der Waals surface area contributed by atoms with Crippen molar-refractivity contribution < 1.29 is 0 Å². The van der Waals surface area contributed by atoms with Crippen LogP contribution in [0.25, 0.3) is 11.4 Å². The number of nitrogens with zero attached hydrogens (tertiary/aromatic N) is 3. The van der Waals surface area contributed by atoms with E-state index in [9.17, 15) is 0 Å². The third kappa shape index (κ3) is 3.89. The first-order chi connectivity index (χ1) is 11.9. The van der Waals surface area contributed by atoms with Crippen LogP contribution in [0.15, 0.2) is 53.6 Å². The fourth-order valence-electron chi connectivity index (χ4n) is 2.40. The Labute approximate surface area is 157 Å². The molecule has 3 rings (SSSR count). The average Bonchev–Trinajstić information content (AvgIpc) is 2.94. The predicted octanol–water partition coefficient (Wildman–Crippen LogP) is 5.44. The fraction of sp³-hybridized carbons (Fsp3) is 0.211. The summed E-state index contributed by atoms with van der Waals surface area (Å²) < 4.78 is 2.03. The van der Waals surface area contributed by atoms with Gasteiger partial charge in [-0.3, -0.25) is 0 Å². The van der Waals surface area contributed by atoms with Gasteiger partial charge in [-0.1, -0.05) is 74.8 Å². The van der Waals surface area contributed by atoms with Gasteiger partial charge >= 0.3 is 0 Å². The molecule has 0 atom stereocenters. The summed E-state index contributed by atoms with van der Waals surface area (Å²) in [5.74, 6) is 0.661. The standard InChI is InChI=1S/C19H19ClN4S/c1-19(2,3)15-10-8-13(9-11-15)17-22-23-18(25)24(17)21-12-14-6-4-5-7-16(14)20/h4-12H,1-3H3,(H,23,25). The van der Waals surface area contributed by atoms with Crippen molar-refractivity contribution in [1.29, 1.82) is 0 Å². The van der Waals surface area contributed by atoms with Crippen molar-refractivity contribution in [2.45, 2.75) is 26.2 Å². The largest absolute Gasteiger partial charge is 0.250 e. The summed E-state index contributed by atoms with van der Waals surface area (Å²) in [5.41, 5.74) is 3.13. The van der Waals surface area contributed by atoms with E-state index in [1.807, 2.05) is 36.4 Å². The van der Waals surface area contributed by atoms with Crippen molar-refractivity contribution in [3.05, 3.63) is 69.5 Å². The maximum atomic E-state index is 6.17. The molecule has 3 aromatic rings. The second-order valence-corrected chi connectivity index (χ2v) is 7.55. The van der Waals surface area contributed by atoms with E-state index in [0.29, 0.717) is 15.6 Å². The Hall–Kier alpha value is -2.24. The van der Waals surface area contributed by atoms with Gasteiger partial charge in [-0.25, -0.2) is 5.10 Å². The van der Waals surface area contributed by atoms with E-state index in [4.69, 9.17) is 23.8 Å². The van der Waals surface area contributed by atoms with Gasteiger partial charge < -0.3 is 0 Å². The molecule has 1 N–H and O–H groups in total. The summed E-state index contributed by atoms with van der Waals surface area (Å²) in [6.07, 6.45) is 1.68. The Morgan fingerprint density at radius 3 is 2.44 bits per heavy atom. The molecule has 0 radical (unpaired) electrons. The van der Waals surface area contributed by atoms with Crippen LogP contribution in [0.2, 0.25) is 5.02 Å². The average molecular weight is 371 g/mol. The van der Waals surface area contributed by atoms with E-state index in [2.05, 4.69) is 48.2 Å². The number of aromatic amines is 1. The summed E-state index contributed by atoms with van der Waals surface area (Å²) in [4.78, 5) is 0. The molecule has 0 bridgehead atoms. The Bertz CT molecular complexity index is 962. The second-order valence-electron chi connectivity index (χ2n) is 6.76. The van der Waals surface area contributed by atoms with E-state index < -0.39 is 0 Å². The third-order valence-corrected chi connectivity index (χ3v) is 4.49. The maximum absolute atomic E-state index is 6.17. The molecule has 0 fully saturated rings. The van der Waals surface area contributed by atoms with Crippen LogP contribution in [-0.2, 0) is 5.41 Å². The Balaban J connectivity index is 1.97. The lowest BCUT2D eigenvalue weighted by molar-refractivity contribution is 0.590. The maximum Gasteiger partial charge on any atom is 0.216 e. The molecule has 1 aromatic heterocycles. The molecule has 6 heteroatoms. The highest BCUT2D eigenvalue weighted by atomic mass is 35.5. The number of hydrogen-bond acceptors (Lipinski definition) is 3. The number of rotatable bonds is 3. The first-order valence-electron chi connectivity index (χ1n) is 7.93. The fourth-order valence-corrected chi connectivity index (χ4v) is 2.77. The number of aromatic nitrogens is 3. The highest BCUT2D eigenvalue weighted by Crippen LogP contribution is 2.25. The van der Waals surface area contributed by atoms with Crippen LogP contribution in [0.3, 0.4) is 0 Å². The molecule has 4 nitrogen and oxygen atoms in total. The van der Waals surface area contributed by atoms with Gasteiger partial charge in [-0.2, -0.15) is 14.9 Å². The van der Waals surface area contributed by atoms with Gasteiger partial charge in [-0.15, -0.1) is 0 Å². The molecule has 0 aliphatic carbocycles. The van der Waals surface area contributed by atoms with Gasteiger partial charge in [0.2, 0.25) is 4.77 Å². The predicted molar refractivity (Wildman–Crippen MR) is 106 cm³/mol. The van der Waals surface area contributed by atoms with Crippen LogP contribution in [0.4, 0.5) is 0 Å². The number of benzene rings is 2. The Morgan fingerprint density at radius 2 is 1.80 bits per heavy atom. The number of halogens is 1. The Kier molecular flexibility index (Phi) is 4.88. The van der Waals surface area contributed by atoms with Gasteiger partial charge in [0, 0.05) is 16.1 Å². The van der Waals surface area contributed by atoms with Gasteiger partial charge in [0.15, 0.2) is 5.82 Å². The first-order valence-corrected chi connectivity index (χ1v) is 8.72. The number of H-pyrrole nitrogens is 1. The molecule has 1 heterocycles. The summed E-state index contributed by atoms with van der Waals surface area (Å²) in [5, 5.41) is 12.2. The molecule has 0 aliphatic heterocycles. The molecule has 0 amide bonds. The van der Waals surface area contributed by atoms with Crippen LogP contribution >= 0.6 is 23.8 Å². The minimum absolute atomic E-state index is 0.103. The third-order valence-electron chi connectivity index (χ3n) is 3.88. The molecular formula is C19H19ClN4S. The number of hydrogen-bond donors (Lipinski definition) is 1. The lowest BCUT2D eigenvalue weighted by Crippen LogP contribution is -2.10. The zero-order valence-corrected chi connectivity index (χ0v) is 15.9. The molecule has 0 aliphatic rings. The quantitative estimate of drug-likeness (QED) is 0.492. The van der Waals surface area contributed by atoms with Crippen LogP contribution in [0.1, 0.15) is 31.9 Å². The topological polar surface area (TPSA) is 46.0 Å². The summed E-state index contributed by atoms with van der Waals surface area (Å²) >= 11 is 11.5. The van der Waals surface area contributed by atoms with E-state index in [-0.39, 0.29) is 5.41 Å².